The zero-order valence-corrected chi connectivity index (χ0v) is 19.9. The Labute approximate surface area is 203 Å². The number of aromatic nitrogens is 3. The maximum absolute atomic E-state index is 12.9. The van der Waals surface area contributed by atoms with Crippen LogP contribution in [0.2, 0.25) is 5.02 Å². The van der Waals surface area contributed by atoms with Gasteiger partial charge >= 0.3 is 0 Å². The number of nitrogens with one attached hydrogen (secondary N) is 2. The number of hydrogen-bond donors (Lipinski definition) is 3. The van der Waals surface area contributed by atoms with Gasteiger partial charge in [-0.1, -0.05) is 29.8 Å². The van der Waals surface area contributed by atoms with E-state index in [-0.39, 0.29) is 15.8 Å². The molecule has 4 N–H and O–H groups in total. The van der Waals surface area contributed by atoms with Crippen molar-refractivity contribution in [3.63, 3.8) is 0 Å². The highest BCUT2D eigenvalue weighted by molar-refractivity contribution is 7.91. The van der Waals surface area contributed by atoms with Crippen LogP contribution in [0, 0.1) is 0 Å². The molecule has 5 rings (SSSR count). The third-order valence-electron chi connectivity index (χ3n) is 6.04. The lowest BCUT2D eigenvalue weighted by Crippen LogP contribution is -2.33. The molecule has 0 radical (unpaired) electrons. The SMILES string of the molecule is NC1CCC(Nc2cc(Nc3ccc(S(=O)(=O)c4ccccc4)cc3)n3ncc(Cl)c3n2)CC1. The first-order valence-corrected chi connectivity index (χ1v) is 13.0. The van der Waals surface area contributed by atoms with Crippen molar-refractivity contribution in [1.82, 2.24) is 14.6 Å². The van der Waals surface area contributed by atoms with Crippen LogP contribution in [0.1, 0.15) is 25.7 Å². The van der Waals surface area contributed by atoms with Gasteiger partial charge in [0.1, 0.15) is 16.7 Å². The zero-order chi connectivity index (χ0) is 23.7. The molecule has 8 nitrogen and oxygen atoms in total. The molecule has 0 aliphatic heterocycles. The zero-order valence-electron chi connectivity index (χ0n) is 18.4. The first-order valence-electron chi connectivity index (χ1n) is 11.1. The molecule has 0 bridgehead atoms. The molecule has 176 valence electrons. The summed E-state index contributed by atoms with van der Waals surface area (Å²) in [6.45, 7) is 0. The van der Waals surface area contributed by atoms with Crippen LogP contribution in [0.5, 0.6) is 0 Å². The number of sulfone groups is 1. The van der Waals surface area contributed by atoms with Crippen LogP contribution in [-0.4, -0.2) is 35.1 Å². The summed E-state index contributed by atoms with van der Waals surface area (Å²) in [4.78, 5) is 5.12. The summed E-state index contributed by atoms with van der Waals surface area (Å²) in [6, 6.07) is 17.4. The lowest BCUT2D eigenvalue weighted by molar-refractivity contribution is 0.410. The van der Waals surface area contributed by atoms with Gasteiger partial charge in [-0.15, -0.1) is 0 Å². The van der Waals surface area contributed by atoms with E-state index in [2.05, 4.69) is 20.7 Å². The van der Waals surface area contributed by atoms with E-state index >= 15 is 0 Å². The topological polar surface area (TPSA) is 114 Å². The van der Waals surface area contributed by atoms with Gasteiger partial charge in [0.2, 0.25) is 9.84 Å². The van der Waals surface area contributed by atoms with Crippen molar-refractivity contribution in [2.75, 3.05) is 10.6 Å². The largest absolute Gasteiger partial charge is 0.367 e. The molecule has 0 amide bonds. The van der Waals surface area contributed by atoms with E-state index in [1.165, 1.54) is 0 Å². The van der Waals surface area contributed by atoms with Crippen LogP contribution in [0.15, 0.2) is 76.7 Å². The van der Waals surface area contributed by atoms with Crippen LogP contribution in [0.3, 0.4) is 0 Å². The number of anilines is 3. The van der Waals surface area contributed by atoms with E-state index in [1.54, 1.807) is 65.3 Å². The fourth-order valence-electron chi connectivity index (χ4n) is 4.17. The van der Waals surface area contributed by atoms with Gasteiger partial charge in [0.25, 0.3) is 0 Å². The highest BCUT2D eigenvalue weighted by atomic mass is 35.5. The van der Waals surface area contributed by atoms with E-state index in [9.17, 15) is 8.42 Å². The molecule has 10 heteroatoms. The molecule has 2 aromatic heterocycles. The number of nitrogens with two attached hydrogens (primary N) is 1. The lowest BCUT2D eigenvalue weighted by atomic mass is 9.92. The maximum atomic E-state index is 12.9. The maximum Gasteiger partial charge on any atom is 0.206 e. The second kappa shape index (κ2) is 9.25. The van der Waals surface area contributed by atoms with Gasteiger partial charge in [-0.2, -0.15) is 9.61 Å². The van der Waals surface area contributed by atoms with Crippen LogP contribution in [0.25, 0.3) is 5.65 Å². The van der Waals surface area contributed by atoms with Crippen molar-refractivity contribution in [2.24, 2.45) is 5.73 Å². The number of hydrogen-bond acceptors (Lipinski definition) is 7. The minimum atomic E-state index is -3.58. The Morgan fingerprint density at radius 2 is 1.65 bits per heavy atom. The lowest BCUT2D eigenvalue weighted by Gasteiger charge is -2.27. The molecule has 0 saturated heterocycles. The molecule has 1 aliphatic carbocycles. The Balaban J connectivity index is 1.41. The molecule has 2 heterocycles. The minimum Gasteiger partial charge on any atom is -0.367 e. The van der Waals surface area contributed by atoms with Gasteiger partial charge in [0.05, 0.1) is 16.0 Å². The Bertz CT molecular complexity index is 1400. The van der Waals surface area contributed by atoms with Crippen LogP contribution in [0.4, 0.5) is 17.3 Å². The third kappa shape index (κ3) is 4.59. The van der Waals surface area contributed by atoms with E-state index < -0.39 is 9.84 Å². The van der Waals surface area contributed by atoms with Crippen molar-refractivity contribution in [1.29, 1.82) is 0 Å². The first-order chi connectivity index (χ1) is 16.4. The molecule has 34 heavy (non-hydrogen) atoms. The summed E-state index contributed by atoms with van der Waals surface area (Å²) < 4.78 is 27.3. The summed E-state index contributed by atoms with van der Waals surface area (Å²) in [5.74, 6) is 1.35. The van der Waals surface area contributed by atoms with Gasteiger partial charge in [-0.3, -0.25) is 0 Å². The molecular weight excluding hydrogens is 472 g/mol. The van der Waals surface area contributed by atoms with Crippen LogP contribution >= 0.6 is 11.6 Å². The van der Waals surface area contributed by atoms with Gasteiger partial charge in [0.15, 0.2) is 5.65 Å². The normalized spacial score (nSPS) is 18.6. The number of halogens is 1. The van der Waals surface area contributed by atoms with Gasteiger partial charge < -0.3 is 16.4 Å². The molecule has 0 unspecified atom stereocenters. The number of benzene rings is 2. The number of fused-ring (bicyclic) bond motifs is 1. The fourth-order valence-corrected chi connectivity index (χ4v) is 5.62. The molecule has 1 saturated carbocycles. The summed E-state index contributed by atoms with van der Waals surface area (Å²) in [5, 5.41) is 11.6. The Hall–Kier alpha value is -3.14. The highest BCUT2D eigenvalue weighted by Gasteiger charge is 2.20. The van der Waals surface area contributed by atoms with Crippen LogP contribution < -0.4 is 16.4 Å². The van der Waals surface area contributed by atoms with Crippen molar-refractivity contribution >= 4 is 44.4 Å². The van der Waals surface area contributed by atoms with Gasteiger partial charge in [-0.05, 0) is 62.1 Å². The van der Waals surface area contributed by atoms with E-state index in [0.717, 1.165) is 25.7 Å². The summed E-state index contributed by atoms with van der Waals surface area (Å²) in [5.41, 5.74) is 7.27. The van der Waals surface area contributed by atoms with Gasteiger partial charge in [0, 0.05) is 23.8 Å². The van der Waals surface area contributed by atoms with E-state index in [0.29, 0.717) is 34.0 Å². The molecular formula is C24H25ClN6O2S. The van der Waals surface area contributed by atoms with Crippen molar-refractivity contribution in [3.05, 3.63) is 71.9 Å². The average Bonchev–Trinajstić information content (AvgIpc) is 3.22. The van der Waals surface area contributed by atoms with Crippen molar-refractivity contribution in [3.8, 4) is 0 Å². The average molecular weight is 497 g/mol. The molecule has 0 atom stereocenters. The molecule has 2 aromatic carbocycles. The van der Waals surface area contributed by atoms with Crippen LogP contribution in [-0.2, 0) is 9.84 Å². The van der Waals surface area contributed by atoms with Crippen molar-refractivity contribution < 1.29 is 8.42 Å². The summed E-state index contributed by atoms with van der Waals surface area (Å²) >= 11 is 6.33. The minimum absolute atomic E-state index is 0.226. The fraction of sp³-hybridized carbons (Fsp3) is 0.250. The standard InChI is InChI=1S/C24H25ClN6O2S/c25-21-15-27-31-23(14-22(30-24(21)31)28-17-8-6-16(26)7-9-17)29-18-10-12-20(13-11-18)34(32,33)19-4-2-1-3-5-19/h1-5,10-17,29H,6-9,26H2,(H,28,30). The molecule has 1 fully saturated rings. The Morgan fingerprint density at radius 3 is 2.35 bits per heavy atom. The third-order valence-corrected chi connectivity index (χ3v) is 8.10. The van der Waals surface area contributed by atoms with Crippen molar-refractivity contribution in [2.45, 2.75) is 47.6 Å². The monoisotopic (exact) mass is 496 g/mol. The second-order valence-corrected chi connectivity index (χ2v) is 10.8. The first kappa shape index (κ1) is 22.6. The molecule has 0 spiro atoms. The predicted octanol–water partition coefficient (Wildman–Crippen LogP) is 4.64. The Kier molecular flexibility index (Phi) is 6.16. The van der Waals surface area contributed by atoms with E-state index in [4.69, 9.17) is 17.3 Å². The molecule has 4 aromatic rings. The second-order valence-electron chi connectivity index (χ2n) is 8.48. The smallest absolute Gasteiger partial charge is 0.206 e. The summed E-state index contributed by atoms with van der Waals surface area (Å²) in [6.07, 6.45) is 5.49. The van der Waals surface area contributed by atoms with E-state index in [1.807, 2.05) is 6.07 Å². The number of nitrogens with zero attached hydrogens (tertiary/aromatic N) is 3. The number of rotatable bonds is 6. The Morgan fingerprint density at radius 1 is 0.971 bits per heavy atom. The van der Waals surface area contributed by atoms with Gasteiger partial charge in [-0.25, -0.2) is 13.4 Å². The quantitative estimate of drug-likeness (QED) is 0.356. The predicted molar refractivity (Wildman–Crippen MR) is 133 cm³/mol. The highest BCUT2D eigenvalue weighted by Crippen LogP contribution is 2.28. The molecule has 1 aliphatic rings. The summed E-state index contributed by atoms with van der Waals surface area (Å²) in [7, 11) is -3.58.